The molecule has 0 aliphatic heterocycles. The molecule has 0 fully saturated rings. The zero-order chi connectivity index (χ0) is 23.8. The van der Waals surface area contributed by atoms with Crippen LogP contribution in [0.5, 0.6) is 0 Å². The van der Waals surface area contributed by atoms with Crippen LogP contribution in [0.15, 0.2) is 87.5 Å². The number of carbonyl (C=O) groups excluding carboxylic acids is 1. The monoisotopic (exact) mass is 464 g/mol. The van der Waals surface area contributed by atoms with Gasteiger partial charge in [0, 0.05) is 17.3 Å². The van der Waals surface area contributed by atoms with Gasteiger partial charge in [-0.05, 0) is 61.9 Å². The number of hydrogen-bond donors (Lipinski definition) is 1. The lowest BCUT2D eigenvalue weighted by atomic mass is 10.2. The number of nitrogens with one attached hydrogen (secondary N) is 1. The topological polar surface area (TPSA) is 85.2 Å². The summed E-state index contributed by atoms with van der Waals surface area (Å²) < 4.78 is 41.8. The number of anilines is 1. The van der Waals surface area contributed by atoms with Gasteiger partial charge in [0.15, 0.2) is 0 Å². The molecule has 4 aromatic rings. The number of fused-ring (bicyclic) bond motifs is 1. The van der Waals surface area contributed by atoms with Crippen molar-refractivity contribution in [3.63, 3.8) is 0 Å². The van der Waals surface area contributed by atoms with Crippen molar-refractivity contribution >= 4 is 32.3 Å². The lowest BCUT2D eigenvalue weighted by Crippen LogP contribution is -2.24. The molecule has 4 rings (SSSR count). The number of aryl methyl sites for hydroxylation is 2. The molecule has 168 valence electrons. The van der Waals surface area contributed by atoms with E-state index in [2.05, 4.69) is 5.32 Å². The van der Waals surface area contributed by atoms with Gasteiger partial charge in [-0.2, -0.15) is 0 Å². The Morgan fingerprint density at radius 3 is 2.39 bits per heavy atom. The van der Waals surface area contributed by atoms with Crippen LogP contribution in [-0.4, -0.2) is 18.9 Å². The van der Waals surface area contributed by atoms with E-state index in [0.29, 0.717) is 5.69 Å². The first-order valence-corrected chi connectivity index (χ1v) is 11.6. The molecule has 0 aliphatic rings. The number of aromatic nitrogens is 1. The molecule has 0 bridgehead atoms. The molecular weight excluding hydrogens is 443 g/mol. The van der Waals surface area contributed by atoms with Gasteiger partial charge in [-0.25, -0.2) is 12.8 Å². The van der Waals surface area contributed by atoms with Crippen LogP contribution in [0, 0.1) is 19.7 Å². The highest BCUT2D eigenvalue weighted by Gasteiger charge is 2.24. The van der Waals surface area contributed by atoms with Gasteiger partial charge in [0.1, 0.15) is 17.3 Å². The Balaban J connectivity index is 1.82. The van der Waals surface area contributed by atoms with E-state index in [4.69, 9.17) is 0 Å². The van der Waals surface area contributed by atoms with Crippen LogP contribution in [0.2, 0.25) is 0 Å². The van der Waals surface area contributed by atoms with Crippen molar-refractivity contribution in [2.24, 2.45) is 0 Å². The number of benzene rings is 3. The maximum absolute atomic E-state index is 14.0. The zero-order valence-corrected chi connectivity index (χ0v) is 18.8. The summed E-state index contributed by atoms with van der Waals surface area (Å²) in [6, 6.07) is 16.8. The quantitative estimate of drug-likeness (QED) is 0.479. The van der Waals surface area contributed by atoms with Crippen molar-refractivity contribution in [1.82, 2.24) is 4.57 Å². The van der Waals surface area contributed by atoms with Gasteiger partial charge in [0.25, 0.3) is 0 Å². The van der Waals surface area contributed by atoms with E-state index in [0.717, 1.165) is 29.5 Å². The molecule has 0 spiro atoms. The number of rotatable bonds is 5. The Labute approximate surface area is 190 Å². The molecule has 0 saturated carbocycles. The number of nitrogens with zero attached hydrogens (tertiary/aromatic N) is 1. The highest BCUT2D eigenvalue weighted by Crippen LogP contribution is 2.22. The molecule has 0 unspecified atom stereocenters. The smallest absolute Gasteiger partial charge is 0.244 e. The summed E-state index contributed by atoms with van der Waals surface area (Å²) in [5.74, 6) is -1.10. The second-order valence-electron chi connectivity index (χ2n) is 7.85. The Morgan fingerprint density at radius 1 is 0.970 bits per heavy atom. The molecule has 0 radical (unpaired) electrons. The molecule has 1 amide bonds. The maximum atomic E-state index is 14.0. The second-order valence-corrected chi connectivity index (χ2v) is 9.76. The van der Waals surface area contributed by atoms with Gasteiger partial charge >= 0.3 is 0 Å². The summed E-state index contributed by atoms with van der Waals surface area (Å²) in [6.07, 6.45) is 1.15. The summed E-state index contributed by atoms with van der Waals surface area (Å²) >= 11 is 0. The molecule has 0 atom stereocenters. The van der Waals surface area contributed by atoms with Crippen molar-refractivity contribution in [1.29, 1.82) is 0 Å². The largest absolute Gasteiger partial charge is 0.336 e. The van der Waals surface area contributed by atoms with Gasteiger partial charge in [-0.1, -0.05) is 29.8 Å². The van der Waals surface area contributed by atoms with E-state index in [-0.39, 0.29) is 22.3 Å². The van der Waals surface area contributed by atoms with Crippen molar-refractivity contribution < 1.29 is 17.6 Å². The summed E-state index contributed by atoms with van der Waals surface area (Å²) in [5, 5.41) is 2.64. The third kappa shape index (κ3) is 4.56. The molecule has 1 aromatic heterocycles. The molecular formula is C25H21FN2O4S. The van der Waals surface area contributed by atoms with Crippen molar-refractivity contribution in [3.05, 3.63) is 100 Å². The fourth-order valence-electron chi connectivity index (χ4n) is 3.59. The molecule has 1 heterocycles. The highest BCUT2D eigenvalue weighted by molar-refractivity contribution is 7.91. The minimum Gasteiger partial charge on any atom is -0.336 e. The fraction of sp³-hybridized carbons (Fsp3) is 0.120. The zero-order valence-electron chi connectivity index (χ0n) is 18.0. The second kappa shape index (κ2) is 8.63. The van der Waals surface area contributed by atoms with Crippen LogP contribution in [0.4, 0.5) is 10.1 Å². The van der Waals surface area contributed by atoms with Crippen LogP contribution in [0.3, 0.4) is 0 Å². The molecule has 1 N–H and O–H groups in total. The first-order valence-electron chi connectivity index (χ1n) is 10.2. The first-order chi connectivity index (χ1) is 15.6. The highest BCUT2D eigenvalue weighted by atomic mass is 32.2. The third-order valence-corrected chi connectivity index (χ3v) is 7.01. The molecule has 0 aliphatic carbocycles. The lowest BCUT2D eigenvalue weighted by molar-refractivity contribution is -0.116. The number of carbonyl (C=O) groups is 1. The van der Waals surface area contributed by atoms with Crippen LogP contribution < -0.4 is 10.7 Å². The number of amides is 1. The minimum absolute atomic E-state index is 0.0586. The van der Waals surface area contributed by atoms with E-state index >= 15 is 0 Å². The number of pyridine rings is 1. The normalized spacial score (nSPS) is 11.5. The predicted octanol–water partition coefficient (Wildman–Crippen LogP) is 4.23. The summed E-state index contributed by atoms with van der Waals surface area (Å²) in [6.45, 7) is 3.43. The summed E-state index contributed by atoms with van der Waals surface area (Å²) in [4.78, 5) is 25.2. The SMILES string of the molecule is Cc1ccc(S(=O)(=O)c2cn(CC(=O)Nc3cccc(C)c3)c3ccc(F)cc3c2=O)cc1. The van der Waals surface area contributed by atoms with Gasteiger partial charge in [-0.15, -0.1) is 0 Å². The van der Waals surface area contributed by atoms with E-state index in [9.17, 15) is 22.4 Å². The molecule has 8 heteroatoms. The van der Waals surface area contributed by atoms with Gasteiger partial charge in [0.05, 0.1) is 10.4 Å². The summed E-state index contributed by atoms with van der Waals surface area (Å²) in [5.41, 5.74) is 1.84. The van der Waals surface area contributed by atoms with Gasteiger partial charge in [-0.3, -0.25) is 9.59 Å². The Bertz CT molecular complexity index is 1540. The van der Waals surface area contributed by atoms with Gasteiger partial charge < -0.3 is 9.88 Å². The molecule has 6 nitrogen and oxygen atoms in total. The Kier molecular flexibility index (Phi) is 5.86. The molecule has 3 aromatic carbocycles. The molecule has 33 heavy (non-hydrogen) atoms. The van der Waals surface area contributed by atoms with Crippen LogP contribution >= 0.6 is 0 Å². The lowest BCUT2D eigenvalue weighted by Gasteiger charge is -2.14. The average molecular weight is 465 g/mol. The van der Waals surface area contributed by atoms with Crippen LogP contribution in [0.25, 0.3) is 10.9 Å². The van der Waals surface area contributed by atoms with Crippen molar-refractivity contribution in [2.45, 2.75) is 30.2 Å². The minimum atomic E-state index is -4.20. The first kappa shape index (κ1) is 22.4. The van der Waals surface area contributed by atoms with Crippen LogP contribution in [0.1, 0.15) is 11.1 Å². The standard InChI is InChI=1S/C25H21FN2O4S/c1-16-6-9-20(10-7-16)33(31,32)23-14-28(22-11-8-18(26)13-21(22)25(23)30)15-24(29)27-19-5-3-4-17(2)12-19/h3-14H,15H2,1-2H3,(H,27,29). The fourth-order valence-corrected chi connectivity index (χ4v) is 4.96. The third-order valence-electron chi connectivity index (χ3n) is 5.25. The van der Waals surface area contributed by atoms with E-state index in [1.54, 1.807) is 30.3 Å². The number of sulfone groups is 1. The van der Waals surface area contributed by atoms with E-state index in [1.165, 1.54) is 22.8 Å². The van der Waals surface area contributed by atoms with E-state index in [1.807, 2.05) is 19.9 Å². The number of halogens is 1. The Hall–Kier alpha value is -3.78. The number of hydrogen-bond acceptors (Lipinski definition) is 4. The van der Waals surface area contributed by atoms with Crippen molar-refractivity contribution in [3.8, 4) is 0 Å². The van der Waals surface area contributed by atoms with E-state index < -0.39 is 31.9 Å². The summed E-state index contributed by atoms with van der Waals surface area (Å²) in [7, 11) is -4.20. The van der Waals surface area contributed by atoms with Crippen LogP contribution in [-0.2, 0) is 21.2 Å². The molecule has 0 saturated heterocycles. The van der Waals surface area contributed by atoms with Crippen molar-refractivity contribution in [2.75, 3.05) is 5.32 Å². The predicted molar refractivity (Wildman–Crippen MR) is 125 cm³/mol. The maximum Gasteiger partial charge on any atom is 0.244 e. The van der Waals surface area contributed by atoms with Gasteiger partial charge in [0.2, 0.25) is 21.2 Å². The average Bonchev–Trinajstić information content (AvgIpc) is 2.76. The Morgan fingerprint density at radius 2 is 1.70 bits per heavy atom.